The molecule has 1 aromatic carbocycles. The Balaban J connectivity index is 2.02. The van der Waals surface area contributed by atoms with Crippen LogP contribution in [-0.2, 0) is 6.54 Å². The molecule has 6 nitrogen and oxygen atoms in total. The molecule has 0 saturated heterocycles. The molecule has 118 valence electrons. The molecule has 0 radical (unpaired) electrons. The van der Waals surface area contributed by atoms with E-state index in [9.17, 15) is 9.59 Å². The first-order valence-electron chi connectivity index (χ1n) is 7.49. The van der Waals surface area contributed by atoms with Crippen molar-refractivity contribution in [3.05, 3.63) is 87.6 Å². The summed E-state index contributed by atoms with van der Waals surface area (Å²) in [5, 5.41) is 0.440. The zero-order chi connectivity index (χ0) is 16.5. The van der Waals surface area contributed by atoms with Crippen molar-refractivity contribution < 1.29 is 9.40 Å². The Bertz CT molecular complexity index is 1110. The zero-order valence-corrected chi connectivity index (χ0v) is 12.7. The van der Waals surface area contributed by atoms with E-state index in [4.69, 9.17) is 4.42 Å². The van der Waals surface area contributed by atoms with E-state index in [-0.39, 0.29) is 6.54 Å². The quantitative estimate of drug-likeness (QED) is 0.625. The van der Waals surface area contributed by atoms with Gasteiger partial charge in [-0.3, -0.25) is 9.78 Å². The van der Waals surface area contributed by atoms with E-state index in [0.717, 1.165) is 11.1 Å². The van der Waals surface area contributed by atoms with Crippen LogP contribution in [0.3, 0.4) is 0 Å². The molecule has 0 fully saturated rings. The second-order valence-corrected chi connectivity index (χ2v) is 5.41. The summed E-state index contributed by atoms with van der Waals surface area (Å²) in [5.41, 5.74) is 1.23. The Hall–Kier alpha value is -3.41. The van der Waals surface area contributed by atoms with Crippen LogP contribution in [0.4, 0.5) is 0 Å². The number of nitrogens with zero attached hydrogens (tertiary/aromatic N) is 1. The van der Waals surface area contributed by atoms with Gasteiger partial charge in [-0.2, -0.15) is 4.57 Å². The van der Waals surface area contributed by atoms with Crippen LogP contribution in [0.25, 0.3) is 22.2 Å². The summed E-state index contributed by atoms with van der Waals surface area (Å²) in [5.74, 6) is 0.629. The Labute approximate surface area is 136 Å². The van der Waals surface area contributed by atoms with Crippen LogP contribution >= 0.6 is 0 Å². The fraction of sp³-hybridized carbons (Fsp3) is 0.0556. The molecule has 0 saturated carbocycles. The molecule has 24 heavy (non-hydrogen) atoms. The molecule has 4 rings (SSSR count). The molecule has 2 N–H and O–H groups in total. The Kier molecular flexibility index (Phi) is 3.35. The molecule has 0 bridgehead atoms. The van der Waals surface area contributed by atoms with Crippen LogP contribution in [0.5, 0.6) is 0 Å². The second-order valence-electron chi connectivity index (χ2n) is 5.41. The molecule has 0 spiro atoms. The van der Waals surface area contributed by atoms with Gasteiger partial charge < -0.3 is 4.42 Å². The van der Waals surface area contributed by atoms with Gasteiger partial charge in [0.25, 0.3) is 11.2 Å². The number of nitrogens with one attached hydrogen (secondary N) is 2. The summed E-state index contributed by atoms with van der Waals surface area (Å²) in [6.45, 7) is 0.230. The van der Waals surface area contributed by atoms with Crippen molar-refractivity contribution in [2.45, 2.75) is 6.54 Å². The normalized spacial score (nSPS) is 11.0. The number of hydrogen-bond acceptors (Lipinski definition) is 3. The minimum Gasteiger partial charge on any atom is -0.465 e. The van der Waals surface area contributed by atoms with Gasteiger partial charge in [0.05, 0.1) is 12.5 Å². The fourth-order valence-corrected chi connectivity index (χ4v) is 2.83. The van der Waals surface area contributed by atoms with E-state index < -0.39 is 11.2 Å². The van der Waals surface area contributed by atoms with Crippen molar-refractivity contribution >= 4 is 11.0 Å². The largest absolute Gasteiger partial charge is 0.465 e. The average Bonchev–Trinajstić information content (AvgIpc) is 3.12. The summed E-state index contributed by atoms with van der Waals surface area (Å²) >= 11 is 0. The smallest absolute Gasteiger partial charge is 0.416 e. The first-order chi connectivity index (χ1) is 11.7. The van der Waals surface area contributed by atoms with Crippen LogP contribution in [-0.4, -0.2) is 9.55 Å². The highest BCUT2D eigenvalue weighted by Crippen LogP contribution is 2.23. The Morgan fingerprint density at radius 3 is 2.62 bits per heavy atom. The summed E-state index contributed by atoms with van der Waals surface area (Å²) in [7, 11) is 0. The topological polar surface area (TPSA) is 82.1 Å². The summed E-state index contributed by atoms with van der Waals surface area (Å²) in [6, 6.07) is 15.0. The maximum Gasteiger partial charge on any atom is 0.416 e. The molecule has 4 aromatic rings. The average molecular weight is 320 g/mol. The van der Waals surface area contributed by atoms with Gasteiger partial charge in [-0.1, -0.05) is 30.3 Å². The van der Waals surface area contributed by atoms with Crippen LogP contribution in [0.15, 0.2) is 75.0 Å². The highest BCUT2D eigenvalue weighted by molar-refractivity contribution is 5.90. The van der Waals surface area contributed by atoms with Crippen molar-refractivity contribution in [2.75, 3.05) is 0 Å². The van der Waals surface area contributed by atoms with E-state index in [1.807, 2.05) is 36.4 Å². The number of hydrogen-bond donors (Lipinski definition) is 1. The molecular formula is C18H14N3O3+. The molecule has 6 heteroatoms. The molecule has 0 aliphatic rings. The lowest BCUT2D eigenvalue weighted by Crippen LogP contribution is -2.34. The van der Waals surface area contributed by atoms with Crippen molar-refractivity contribution in [3.63, 3.8) is 0 Å². The maximum absolute atomic E-state index is 12.4. The van der Waals surface area contributed by atoms with Crippen LogP contribution in [0.1, 0.15) is 5.76 Å². The van der Waals surface area contributed by atoms with Crippen molar-refractivity contribution in [1.82, 2.24) is 9.55 Å². The second kappa shape index (κ2) is 5.66. The van der Waals surface area contributed by atoms with Gasteiger partial charge in [-0.25, -0.2) is 9.78 Å². The third kappa shape index (κ3) is 2.34. The molecule has 0 aliphatic carbocycles. The lowest BCUT2D eigenvalue weighted by atomic mass is 10.0. The van der Waals surface area contributed by atoms with Crippen molar-refractivity contribution in [1.29, 1.82) is 0 Å². The number of benzene rings is 1. The molecular weight excluding hydrogens is 306 g/mol. The summed E-state index contributed by atoms with van der Waals surface area (Å²) in [6.07, 6.45) is 3.27. The SMILES string of the molecule is O=c1[nH]c(=O)n(Cc2ccco2)c2[nH+]ccc(-c3ccccc3)c12. The molecule has 3 aromatic heterocycles. The van der Waals surface area contributed by atoms with Crippen molar-refractivity contribution in [2.24, 2.45) is 0 Å². The van der Waals surface area contributed by atoms with Gasteiger partial charge in [0, 0.05) is 5.56 Å². The molecule has 0 aliphatic heterocycles. The molecule has 0 unspecified atom stereocenters. The number of rotatable bonds is 3. The van der Waals surface area contributed by atoms with Crippen LogP contribution < -0.4 is 16.2 Å². The van der Waals surface area contributed by atoms with E-state index >= 15 is 0 Å². The van der Waals surface area contributed by atoms with E-state index in [2.05, 4.69) is 9.97 Å². The fourth-order valence-electron chi connectivity index (χ4n) is 2.83. The van der Waals surface area contributed by atoms with E-state index in [1.165, 1.54) is 4.57 Å². The highest BCUT2D eigenvalue weighted by atomic mass is 16.3. The first-order valence-corrected chi connectivity index (χ1v) is 7.49. The number of pyridine rings is 1. The predicted molar refractivity (Wildman–Crippen MR) is 88.6 cm³/mol. The number of H-pyrrole nitrogens is 2. The first kappa shape index (κ1) is 14.2. The molecule has 3 heterocycles. The van der Waals surface area contributed by atoms with Gasteiger partial charge in [0.1, 0.15) is 11.1 Å². The van der Waals surface area contributed by atoms with Gasteiger partial charge in [0.15, 0.2) is 6.54 Å². The standard InChI is InChI=1S/C18H13N3O3/c22-17-15-14(12-5-2-1-3-6-12)8-9-19-16(15)21(18(23)20-17)11-13-7-4-10-24-13/h1-10H,11H2,(H,20,22,23)/p+1. The van der Waals surface area contributed by atoms with Gasteiger partial charge in [0.2, 0.25) is 0 Å². The Morgan fingerprint density at radius 2 is 1.88 bits per heavy atom. The van der Waals surface area contributed by atoms with E-state index in [0.29, 0.717) is 16.8 Å². The molecule has 0 atom stereocenters. The zero-order valence-electron chi connectivity index (χ0n) is 12.7. The Morgan fingerprint density at radius 1 is 1.04 bits per heavy atom. The van der Waals surface area contributed by atoms with Crippen LogP contribution in [0, 0.1) is 0 Å². The minimum absolute atomic E-state index is 0.230. The number of fused-ring (bicyclic) bond motifs is 1. The van der Waals surface area contributed by atoms with Gasteiger partial charge >= 0.3 is 5.69 Å². The monoisotopic (exact) mass is 320 g/mol. The number of aromatic nitrogens is 3. The molecule has 0 amide bonds. The maximum atomic E-state index is 12.4. The van der Waals surface area contributed by atoms with Gasteiger partial charge in [-0.15, -0.1) is 0 Å². The third-order valence-electron chi connectivity index (χ3n) is 3.92. The highest BCUT2D eigenvalue weighted by Gasteiger charge is 2.20. The number of aromatic amines is 2. The third-order valence-corrected chi connectivity index (χ3v) is 3.92. The lowest BCUT2D eigenvalue weighted by Gasteiger charge is -2.05. The number of furan rings is 1. The van der Waals surface area contributed by atoms with Crippen molar-refractivity contribution in [3.8, 4) is 11.1 Å². The summed E-state index contributed by atoms with van der Waals surface area (Å²) < 4.78 is 6.78. The minimum atomic E-state index is -0.481. The summed E-state index contributed by atoms with van der Waals surface area (Å²) in [4.78, 5) is 30.1. The van der Waals surface area contributed by atoms with Crippen LogP contribution in [0.2, 0.25) is 0 Å². The lowest BCUT2D eigenvalue weighted by molar-refractivity contribution is -0.349. The van der Waals surface area contributed by atoms with E-state index in [1.54, 1.807) is 24.6 Å². The predicted octanol–water partition coefficient (Wildman–Crippen LogP) is 1.81. The van der Waals surface area contributed by atoms with Gasteiger partial charge in [-0.05, 0) is 23.8 Å².